The molecular weight excluding hydrogens is 270 g/mol. The Labute approximate surface area is 121 Å². The summed E-state index contributed by atoms with van der Waals surface area (Å²) in [7, 11) is 1.70. The van der Waals surface area contributed by atoms with Gasteiger partial charge in [-0.3, -0.25) is 4.79 Å². The third-order valence-electron chi connectivity index (χ3n) is 3.48. The van der Waals surface area contributed by atoms with Gasteiger partial charge in [0, 0.05) is 18.9 Å². The molecule has 0 aliphatic heterocycles. The van der Waals surface area contributed by atoms with Crippen molar-refractivity contribution in [3.8, 4) is 0 Å². The maximum Gasteiger partial charge on any atom is 0.293 e. The largest absolute Gasteiger partial charge is 0.467 e. The zero-order chi connectivity index (χ0) is 15.0. The van der Waals surface area contributed by atoms with Crippen molar-refractivity contribution >= 4 is 11.7 Å². The van der Waals surface area contributed by atoms with Gasteiger partial charge >= 0.3 is 0 Å². The van der Waals surface area contributed by atoms with E-state index in [4.69, 9.17) is 4.42 Å². The monoisotopic (exact) mass is 285 g/mol. The van der Waals surface area contributed by atoms with Gasteiger partial charge in [-0.1, -0.05) is 0 Å². The molecule has 0 aromatic carbocycles. The Morgan fingerprint density at radius 3 is 2.90 bits per heavy atom. The molecule has 0 N–H and O–H groups in total. The molecule has 0 spiro atoms. The summed E-state index contributed by atoms with van der Waals surface area (Å²) in [5.41, 5.74) is 0.869. The number of hydrogen-bond donors (Lipinski definition) is 0. The van der Waals surface area contributed by atoms with E-state index in [1.807, 2.05) is 26.0 Å². The first kappa shape index (κ1) is 13.3. The highest BCUT2D eigenvalue weighted by atomic mass is 16.3. The molecule has 1 unspecified atom stereocenters. The molecule has 3 aromatic rings. The second-order valence-electron chi connectivity index (χ2n) is 4.84. The molecule has 0 radical (unpaired) electrons. The van der Waals surface area contributed by atoms with Crippen molar-refractivity contribution in [3.05, 3.63) is 47.9 Å². The van der Waals surface area contributed by atoms with Gasteiger partial charge in [0.25, 0.3) is 11.7 Å². The van der Waals surface area contributed by atoms with E-state index < -0.39 is 0 Å². The van der Waals surface area contributed by atoms with Gasteiger partial charge in [0.05, 0.1) is 12.3 Å². The van der Waals surface area contributed by atoms with Crippen LogP contribution in [0.25, 0.3) is 5.78 Å². The lowest BCUT2D eigenvalue weighted by Gasteiger charge is -2.21. The van der Waals surface area contributed by atoms with E-state index in [0.717, 1.165) is 5.69 Å². The minimum atomic E-state index is -0.274. The topological polar surface area (TPSA) is 76.5 Å². The van der Waals surface area contributed by atoms with Gasteiger partial charge in [0.1, 0.15) is 5.76 Å². The Hall–Kier alpha value is -2.70. The molecular formula is C14H15N5O2. The van der Waals surface area contributed by atoms with Crippen molar-refractivity contribution in [3.63, 3.8) is 0 Å². The van der Waals surface area contributed by atoms with E-state index in [0.29, 0.717) is 11.5 Å². The molecule has 0 aliphatic rings. The summed E-state index contributed by atoms with van der Waals surface area (Å²) in [6, 6.07) is 5.23. The minimum Gasteiger partial charge on any atom is -0.467 e. The number of carbonyl (C=O) groups is 1. The molecule has 0 saturated carbocycles. The van der Waals surface area contributed by atoms with Gasteiger partial charge in [0.15, 0.2) is 0 Å². The predicted octanol–water partition coefficient (Wildman–Crippen LogP) is 1.86. The molecule has 3 heterocycles. The zero-order valence-corrected chi connectivity index (χ0v) is 12.0. The van der Waals surface area contributed by atoms with E-state index in [1.54, 1.807) is 35.0 Å². The van der Waals surface area contributed by atoms with Crippen LogP contribution in [0.15, 0.2) is 35.1 Å². The van der Waals surface area contributed by atoms with Gasteiger partial charge < -0.3 is 9.32 Å². The van der Waals surface area contributed by atoms with E-state index >= 15 is 0 Å². The maximum absolute atomic E-state index is 12.5. The SMILES string of the molecule is Cc1ccnc2nc(C(=O)N(C)C(C)c3ccco3)nn12. The normalized spacial score (nSPS) is 12.5. The number of furan rings is 1. The lowest BCUT2D eigenvalue weighted by atomic mass is 10.2. The molecule has 7 heteroatoms. The average Bonchev–Trinajstić information content (AvgIpc) is 3.14. The Kier molecular flexibility index (Phi) is 3.17. The highest BCUT2D eigenvalue weighted by Gasteiger charge is 2.24. The summed E-state index contributed by atoms with van der Waals surface area (Å²) in [5, 5.41) is 4.22. The molecule has 108 valence electrons. The number of amides is 1. The van der Waals surface area contributed by atoms with Crippen LogP contribution in [0.3, 0.4) is 0 Å². The Balaban J connectivity index is 1.91. The zero-order valence-electron chi connectivity index (χ0n) is 12.0. The predicted molar refractivity (Wildman–Crippen MR) is 74.7 cm³/mol. The molecule has 1 atom stereocenters. The van der Waals surface area contributed by atoms with Crippen LogP contribution in [-0.2, 0) is 0 Å². The lowest BCUT2D eigenvalue weighted by Crippen LogP contribution is -2.30. The fourth-order valence-corrected chi connectivity index (χ4v) is 2.05. The second kappa shape index (κ2) is 5.01. The Morgan fingerprint density at radius 1 is 1.43 bits per heavy atom. The summed E-state index contributed by atoms with van der Waals surface area (Å²) < 4.78 is 6.88. The quantitative estimate of drug-likeness (QED) is 0.734. The summed E-state index contributed by atoms with van der Waals surface area (Å²) in [6.45, 7) is 3.77. The van der Waals surface area contributed by atoms with Crippen LogP contribution in [-0.4, -0.2) is 37.4 Å². The summed E-state index contributed by atoms with van der Waals surface area (Å²) >= 11 is 0. The summed E-state index contributed by atoms with van der Waals surface area (Å²) in [5.74, 6) is 0.975. The van der Waals surface area contributed by atoms with Gasteiger partial charge in [-0.25, -0.2) is 9.50 Å². The number of rotatable bonds is 3. The molecule has 0 saturated heterocycles. The number of nitrogens with zero attached hydrogens (tertiary/aromatic N) is 5. The van der Waals surface area contributed by atoms with Crippen molar-refractivity contribution < 1.29 is 9.21 Å². The fraction of sp³-hybridized carbons (Fsp3) is 0.286. The molecule has 0 aliphatic carbocycles. The van der Waals surface area contributed by atoms with Crippen molar-refractivity contribution in [2.75, 3.05) is 7.05 Å². The lowest BCUT2D eigenvalue weighted by molar-refractivity contribution is 0.0714. The third-order valence-corrected chi connectivity index (χ3v) is 3.48. The van der Waals surface area contributed by atoms with E-state index in [2.05, 4.69) is 15.1 Å². The second-order valence-corrected chi connectivity index (χ2v) is 4.84. The highest BCUT2D eigenvalue weighted by Crippen LogP contribution is 2.20. The van der Waals surface area contributed by atoms with Crippen LogP contribution < -0.4 is 0 Å². The summed E-state index contributed by atoms with van der Waals surface area (Å²) in [6.07, 6.45) is 3.23. The first-order valence-electron chi connectivity index (χ1n) is 6.57. The van der Waals surface area contributed by atoms with E-state index in [-0.39, 0.29) is 17.8 Å². The first-order valence-corrected chi connectivity index (χ1v) is 6.57. The molecule has 7 nitrogen and oxygen atoms in total. The van der Waals surface area contributed by atoms with Gasteiger partial charge in [-0.2, -0.15) is 4.98 Å². The molecule has 3 rings (SSSR count). The molecule has 1 amide bonds. The standard InChI is InChI=1S/C14H15N5O2/c1-9-6-7-15-14-16-12(17-19(9)14)13(20)18(3)10(2)11-5-4-8-21-11/h4-8,10H,1-3H3. The smallest absolute Gasteiger partial charge is 0.293 e. The average molecular weight is 285 g/mol. The number of aryl methyl sites for hydroxylation is 1. The van der Waals surface area contributed by atoms with Crippen LogP contribution >= 0.6 is 0 Å². The Morgan fingerprint density at radius 2 is 2.24 bits per heavy atom. The van der Waals surface area contributed by atoms with Crippen LogP contribution in [0, 0.1) is 6.92 Å². The number of carbonyl (C=O) groups excluding carboxylic acids is 1. The molecule has 0 fully saturated rings. The van der Waals surface area contributed by atoms with Gasteiger partial charge in [0.2, 0.25) is 5.82 Å². The summed E-state index contributed by atoms with van der Waals surface area (Å²) in [4.78, 5) is 22.3. The van der Waals surface area contributed by atoms with Crippen LogP contribution in [0.4, 0.5) is 0 Å². The minimum absolute atomic E-state index is 0.123. The molecule has 3 aromatic heterocycles. The Bertz CT molecular complexity index is 778. The maximum atomic E-state index is 12.5. The highest BCUT2D eigenvalue weighted by molar-refractivity contribution is 5.90. The van der Waals surface area contributed by atoms with Gasteiger partial charge in [-0.15, -0.1) is 5.10 Å². The van der Waals surface area contributed by atoms with E-state index in [1.165, 1.54) is 0 Å². The van der Waals surface area contributed by atoms with Crippen molar-refractivity contribution in [2.45, 2.75) is 19.9 Å². The van der Waals surface area contributed by atoms with Crippen molar-refractivity contribution in [1.29, 1.82) is 0 Å². The van der Waals surface area contributed by atoms with Gasteiger partial charge in [-0.05, 0) is 32.0 Å². The van der Waals surface area contributed by atoms with Crippen LogP contribution in [0.5, 0.6) is 0 Å². The molecule has 21 heavy (non-hydrogen) atoms. The van der Waals surface area contributed by atoms with Crippen LogP contribution in [0.2, 0.25) is 0 Å². The van der Waals surface area contributed by atoms with Crippen molar-refractivity contribution in [1.82, 2.24) is 24.5 Å². The van der Waals surface area contributed by atoms with E-state index in [9.17, 15) is 4.79 Å². The number of aromatic nitrogens is 4. The number of fused-ring (bicyclic) bond motifs is 1. The number of hydrogen-bond acceptors (Lipinski definition) is 5. The third kappa shape index (κ3) is 2.26. The fourth-order valence-electron chi connectivity index (χ4n) is 2.05. The first-order chi connectivity index (χ1) is 10.1. The molecule has 0 bridgehead atoms. The van der Waals surface area contributed by atoms with Crippen molar-refractivity contribution in [2.24, 2.45) is 0 Å². The van der Waals surface area contributed by atoms with Crippen LogP contribution in [0.1, 0.15) is 35.0 Å².